The van der Waals surface area contributed by atoms with Crippen LogP contribution in [0.25, 0.3) is 21.5 Å². The Morgan fingerprint density at radius 3 is 2.67 bits per heavy atom. The van der Waals surface area contributed by atoms with Crippen molar-refractivity contribution < 1.29 is 9.18 Å². The number of benzene rings is 1. The van der Waals surface area contributed by atoms with E-state index in [-0.39, 0.29) is 11.9 Å². The highest BCUT2D eigenvalue weighted by Crippen LogP contribution is 2.28. The predicted octanol–water partition coefficient (Wildman–Crippen LogP) is 5.55. The van der Waals surface area contributed by atoms with E-state index in [0.29, 0.717) is 25.0 Å². The van der Waals surface area contributed by atoms with E-state index in [4.69, 9.17) is 0 Å². The molecule has 0 unspecified atom stereocenters. The number of nitrogens with zero attached hydrogens (tertiary/aromatic N) is 2. The molecule has 1 N–H and O–H groups in total. The lowest BCUT2D eigenvalue weighted by atomic mass is 9.90. The zero-order valence-electron chi connectivity index (χ0n) is 16.4. The Morgan fingerprint density at radius 2 is 1.97 bits per heavy atom. The van der Waals surface area contributed by atoms with E-state index in [9.17, 15) is 9.18 Å². The van der Waals surface area contributed by atoms with Gasteiger partial charge in [0, 0.05) is 17.0 Å². The number of hydrogen-bond acceptors (Lipinski definition) is 5. The average molecular weight is 438 g/mol. The van der Waals surface area contributed by atoms with Gasteiger partial charge >= 0.3 is 0 Å². The van der Waals surface area contributed by atoms with E-state index >= 15 is 0 Å². The molecule has 4 nitrogen and oxygen atoms in total. The maximum absolute atomic E-state index is 13.1. The molecule has 0 saturated heterocycles. The van der Waals surface area contributed by atoms with Crippen LogP contribution in [0.15, 0.2) is 47.2 Å². The largest absolute Gasteiger partial charge is 0.348 e. The molecule has 1 aliphatic rings. The van der Waals surface area contributed by atoms with Gasteiger partial charge in [-0.2, -0.15) is 0 Å². The molecule has 1 saturated carbocycles. The molecule has 7 heteroatoms. The zero-order chi connectivity index (χ0) is 20.7. The number of aryl methyl sites for hydroxylation is 1. The van der Waals surface area contributed by atoms with Crippen LogP contribution in [0.1, 0.15) is 39.5 Å². The Kier molecular flexibility index (Phi) is 5.08. The molecule has 1 fully saturated rings. The minimum atomic E-state index is -0.797. The van der Waals surface area contributed by atoms with Gasteiger partial charge < -0.3 is 5.32 Å². The highest BCUT2D eigenvalue weighted by atomic mass is 32.1. The van der Waals surface area contributed by atoms with Gasteiger partial charge in [-0.05, 0) is 54.8 Å². The fraction of sp³-hybridized carbons (Fsp3) is 0.261. The van der Waals surface area contributed by atoms with Gasteiger partial charge in [0.15, 0.2) is 0 Å². The van der Waals surface area contributed by atoms with Crippen LogP contribution in [-0.4, -0.2) is 28.1 Å². The second-order valence-corrected chi connectivity index (χ2v) is 9.64. The fourth-order valence-electron chi connectivity index (χ4n) is 3.71. The monoisotopic (exact) mass is 437 g/mol. The van der Waals surface area contributed by atoms with E-state index in [1.54, 1.807) is 22.7 Å². The molecule has 0 bridgehead atoms. The summed E-state index contributed by atoms with van der Waals surface area (Å²) in [7, 11) is 0. The van der Waals surface area contributed by atoms with E-state index in [1.807, 2.05) is 24.4 Å². The molecule has 0 radical (unpaired) electrons. The summed E-state index contributed by atoms with van der Waals surface area (Å²) in [6.07, 6.45) is 0.704. The van der Waals surface area contributed by atoms with Crippen molar-refractivity contribution in [2.45, 2.75) is 38.4 Å². The maximum Gasteiger partial charge on any atom is 0.270 e. The van der Waals surface area contributed by atoms with Gasteiger partial charge in [0.2, 0.25) is 0 Å². The third-order valence-corrected chi connectivity index (χ3v) is 7.15. The number of thiazole rings is 1. The van der Waals surface area contributed by atoms with Crippen molar-refractivity contribution in [2.75, 3.05) is 0 Å². The summed E-state index contributed by atoms with van der Waals surface area (Å²) in [5.41, 5.74) is 5.57. The fourth-order valence-corrected chi connectivity index (χ4v) is 5.18. The van der Waals surface area contributed by atoms with Crippen LogP contribution in [0.3, 0.4) is 0 Å². The average Bonchev–Trinajstić information content (AvgIpc) is 3.36. The normalized spacial score (nSPS) is 18.3. The first kappa shape index (κ1) is 19.3. The number of hydrogen-bond donors (Lipinski definition) is 1. The Morgan fingerprint density at radius 1 is 1.17 bits per heavy atom. The number of carbonyl (C=O) groups excluding carboxylic acids is 1. The van der Waals surface area contributed by atoms with Crippen LogP contribution in [0.5, 0.6) is 0 Å². The molecular weight excluding hydrogens is 417 g/mol. The number of fused-ring (bicyclic) bond motifs is 1. The van der Waals surface area contributed by atoms with Crippen LogP contribution in [0.2, 0.25) is 0 Å². The Bertz CT molecular complexity index is 1210. The third kappa shape index (κ3) is 3.87. The lowest BCUT2D eigenvalue weighted by Gasteiger charge is -2.30. The minimum absolute atomic E-state index is 0.0854. The van der Waals surface area contributed by atoms with Crippen molar-refractivity contribution >= 4 is 38.8 Å². The topological polar surface area (TPSA) is 54.9 Å². The number of alkyl halides is 1. The molecule has 0 aliphatic heterocycles. The second kappa shape index (κ2) is 7.89. The van der Waals surface area contributed by atoms with Crippen molar-refractivity contribution in [1.82, 2.24) is 15.3 Å². The number of rotatable bonds is 5. The van der Waals surface area contributed by atoms with Crippen molar-refractivity contribution in [3.63, 3.8) is 0 Å². The van der Waals surface area contributed by atoms with Gasteiger partial charge in [0.25, 0.3) is 5.91 Å². The van der Waals surface area contributed by atoms with Crippen molar-refractivity contribution in [1.29, 1.82) is 0 Å². The number of thiophene rings is 1. The third-order valence-electron chi connectivity index (χ3n) is 5.40. The number of pyridine rings is 1. The molecule has 1 amide bonds. The molecule has 1 aliphatic carbocycles. The second-order valence-electron chi connectivity index (χ2n) is 7.67. The molecule has 30 heavy (non-hydrogen) atoms. The molecule has 0 spiro atoms. The molecule has 1 aromatic carbocycles. The zero-order valence-corrected chi connectivity index (χ0v) is 18.0. The lowest BCUT2D eigenvalue weighted by Crippen LogP contribution is -2.45. The molecule has 3 heterocycles. The summed E-state index contributed by atoms with van der Waals surface area (Å²) in [5.74, 6) is -0.226. The number of carbonyl (C=O) groups is 1. The summed E-state index contributed by atoms with van der Waals surface area (Å²) >= 11 is 3.28. The number of nitrogens with one attached hydrogen (secondary N) is 1. The molecular formula is C23H20FN3OS2. The Balaban J connectivity index is 1.39. The van der Waals surface area contributed by atoms with Crippen molar-refractivity contribution in [3.8, 4) is 11.3 Å². The first-order valence-corrected chi connectivity index (χ1v) is 11.6. The van der Waals surface area contributed by atoms with Crippen LogP contribution >= 0.6 is 22.7 Å². The summed E-state index contributed by atoms with van der Waals surface area (Å²) < 4.78 is 14.2. The highest BCUT2D eigenvalue weighted by Gasteiger charge is 2.30. The number of aromatic nitrogens is 2. The molecule has 152 valence electrons. The molecule has 4 aromatic rings. The smallest absolute Gasteiger partial charge is 0.270 e. The standard InChI is InChI=1S/C23H20FN3OS2/c1-13-25-21(12-30-13)15-4-2-14(3-5-15)8-16-9-20(27-19-6-7-29-22(16)19)23(28)26-18-10-17(24)11-18/h2-7,9,12,17-18H,8,10-11H2,1H3,(H,26,28). The van der Waals surface area contributed by atoms with Crippen LogP contribution in [0.4, 0.5) is 4.39 Å². The van der Waals surface area contributed by atoms with Gasteiger partial charge in [-0.25, -0.2) is 14.4 Å². The van der Waals surface area contributed by atoms with Gasteiger partial charge in [0.1, 0.15) is 11.9 Å². The van der Waals surface area contributed by atoms with Gasteiger partial charge in [-0.1, -0.05) is 24.3 Å². The van der Waals surface area contributed by atoms with E-state index in [2.05, 4.69) is 44.9 Å². The van der Waals surface area contributed by atoms with Crippen LogP contribution < -0.4 is 5.32 Å². The Labute approximate surface area is 181 Å². The molecule has 3 aromatic heterocycles. The first-order chi connectivity index (χ1) is 14.5. The quantitative estimate of drug-likeness (QED) is 0.445. The summed E-state index contributed by atoms with van der Waals surface area (Å²) in [6, 6.07) is 12.1. The summed E-state index contributed by atoms with van der Waals surface area (Å²) in [4.78, 5) is 21.7. The first-order valence-electron chi connectivity index (χ1n) is 9.88. The van der Waals surface area contributed by atoms with Gasteiger partial charge in [0.05, 0.1) is 20.9 Å². The number of amides is 1. The Hall–Kier alpha value is -2.64. The lowest BCUT2D eigenvalue weighted by molar-refractivity contribution is 0.0855. The number of halogens is 1. The van der Waals surface area contributed by atoms with Crippen molar-refractivity contribution in [2.24, 2.45) is 0 Å². The van der Waals surface area contributed by atoms with Gasteiger partial charge in [-0.15, -0.1) is 22.7 Å². The van der Waals surface area contributed by atoms with Crippen LogP contribution in [0, 0.1) is 6.92 Å². The molecule has 0 atom stereocenters. The molecule has 5 rings (SSSR count). The van der Waals surface area contributed by atoms with Gasteiger partial charge in [-0.3, -0.25) is 4.79 Å². The summed E-state index contributed by atoms with van der Waals surface area (Å²) in [6.45, 7) is 2.01. The highest BCUT2D eigenvalue weighted by molar-refractivity contribution is 7.17. The van der Waals surface area contributed by atoms with Crippen molar-refractivity contribution in [3.05, 3.63) is 69.0 Å². The minimum Gasteiger partial charge on any atom is -0.348 e. The maximum atomic E-state index is 13.1. The predicted molar refractivity (Wildman–Crippen MR) is 120 cm³/mol. The van der Waals surface area contributed by atoms with Crippen LogP contribution in [-0.2, 0) is 6.42 Å². The van der Waals surface area contributed by atoms with E-state index in [1.165, 1.54) is 0 Å². The summed E-state index contributed by atoms with van der Waals surface area (Å²) in [5, 5.41) is 8.02. The SMILES string of the molecule is Cc1nc(-c2ccc(Cc3cc(C(=O)NC4CC(F)C4)nc4ccsc34)cc2)cs1. The van der Waals surface area contributed by atoms with E-state index in [0.717, 1.165) is 37.6 Å². The van der Waals surface area contributed by atoms with E-state index < -0.39 is 6.17 Å².